The highest BCUT2D eigenvalue weighted by molar-refractivity contribution is 5.82. The maximum Gasteiger partial charge on any atom is 0.315 e. The fourth-order valence-electron chi connectivity index (χ4n) is 1.30. The van der Waals surface area contributed by atoms with E-state index < -0.39 is 28.8 Å². The van der Waals surface area contributed by atoms with Gasteiger partial charge in [0.25, 0.3) is 0 Å². The molecule has 1 rings (SSSR count). The fraction of sp³-hybridized carbons (Fsp3) is 0.364. The third-order valence-corrected chi connectivity index (χ3v) is 2.43. The average Bonchev–Trinajstić information content (AvgIpc) is 2.23. The number of benzene rings is 1. The second-order valence-corrected chi connectivity index (χ2v) is 3.91. The molecule has 5 heteroatoms. The molecule has 0 saturated heterocycles. The van der Waals surface area contributed by atoms with Crippen molar-refractivity contribution in [1.82, 2.24) is 0 Å². The molecule has 0 amide bonds. The normalized spacial score (nSPS) is 11.3. The lowest BCUT2D eigenvalue weighted by atomic mass is 9.84. The van der Waals surface area contributed by atoms with E-state index in [0.717, 1.165) is 12.1 Å². The molecule has 0 fully saturated rings. The largest absolute Gasteiger partial charge is 0.503 e. The zero-order valence-corrected chi connectivity index (χ0v) is 9.17. The smallest absolute Gasteiger partial charge is 0.315 e. The van der Waals surface area contributed by atoms with Gasteiger partial charge in [-0.15, -0.1) is 0 Å². The summed E-state index contributed by atoms with van der Waals surface area (Å²) in [5.41, 5.74) is -1.07. The van der Waals surface area contributed by atoms with Crippen LogP contribution in [0.15, 0.2) is 12.1 Å². The monoisotopic (exact) mass is 230 g/mol. The van der Waals surface area contributed by atoms with Crippen LogP contribution in [-0.2, 0) is 14.9 Å². The number of methoxy groups -OCH3 is 1. The standard InChI is InChI=1S/C11H12F2O3/c1-11(2,10(15)16-3)6-4-7(12)9(14)8(13)5-6/h4-5,14H,1-3H3. The second kappa shape index (κ2) is 4.08. The van der Waals surface area contributed by atoms with Gasteiger partial charge in [0, 0.05) is 0 Å². The van der Waals surface area contributed by atoms with Crippen LogP contribution in [0.3, 0.4) is 0 Å². The Labute approximate surface area is 91.7 Å². The van der Waals surface area contributed by atoms with Crippen molar-refractivity contribution in [2.24, 2.45) is 0 Å². The van der Waals surface area contributed by atoms with Crippen LogP contribution in [0.25, 0.3) is 0 Å². The lowest BCUT2D eigenvalue weighted by molar-refractivity contribution is -0.146. The number of rotatable bonds is 2. The van der Waals surface area contributed by atoms with E-state index in [4.69, 9.17) is 5.11 Å². The Balaban J connectivity index is 3.29. The van der Waals surface area contributed by atoms with Gasteiger partial charge in [-0.25, -0.2) is 8.78 Å². The third-order valence-electron chi connectivity index (χ3n) is 2.43. The van der Waals surface area contributed by atoms with E-state index in [1.807, 2.05) is 0 Å². The maximum absolute atomic E-state index is 13.1. The van der Waals surface area contributed by atoms with Gasteiger partial charge < -0.3 is 9.84 Å². The molecule has 3 nitrogen and oxygen atoms in total. The number of carbonyl (C=O) groups is 1. The summed E-state index contributed by atoms with van der Waals surface area (Å²) in [6.45, 7) is 2.95. The molecule has 0 saturated carbocycles. The highest BCUT2D eigenvalue weighted by atomic mass is 19.1. The number of hydrogen-bond donors (Lipinski definition) is 1. The van der Waals surface area contributed by atoms with E-state index in [0.29, 0.717) is 0 Å². The highest BCUT2D eigenvalue weighted by Gasteiger charge is 2.32. The van der Waals surface area contributed by atoms with Crippen LogP contribution in [0.4, 0.5) is 8.78 Å². The molecule has 0 heterocycles. The number of phenolic OH excluding ortho intramolecular Hbond substituents is 1. The van der Waals surface area contributed by atoms with Crippen molar-refractivity contribution >= 4 is 5.97 Å². The zero-order valence-electron chi connectivity index (χ0n) is 9.17. The molecule has 0 aliphatic carbocycles. The van der Waals surface area contributed by atoms with Gasteiger partial charge in [0.15, 0.2) is 17.4 Å². The molecule has 1 N–H and O–H groups in total. The Hall–Kier alpha value is -1.65. The van der Waals surface area contributed by atoms with E-state index in [1.165, 1.54) is 21.0 Å². The Morgan fingerprint density at radius 1 is 1.31 bits per heavy atom. The Kier molecular flexibility index (Phi) is 3.16. The summed E-state index contributed by atoms with van der Waals surface area (Å²) in [4.78, 5) is 11.4. The topological polar surface area (TPSA) is 46.5 Å². The maximum atomic E-state index is 13.1. The number of halogens is 2. The fourth-order valence-corrected chi connectivity index (χ4v) is 1.30. The van der Waals surface area contributed by atoms with Crippen LogP contribution in [-0.4, -0.2) is 18.2 Å². The van der Waals surface area contributed by atoms with Gasteiger partial charge in [-0.3, -0.25) is 4.79 Å². The van der Waals surface area contributed by atoms with Gasteiger partial charge in [-0.05, 0) is 31.5 Å². The third kappa shape index (κ3) is 1.98. The summed E-state index contributed by atoms with van der Waals surface area (Å²) in [7, 11) is 1.19. The molecule has 1 aromatic carbocycles. The summed E-state index contributed by atoms with van der Waals surface area (Å²) < 4.78 is 30.7. The number of carbonyl (C=O) groups excluding carboxylic acids is 1. The SMILES string of the molecule is COC(=O)C(C)(C)c1cc(F)c(O)c(F)c1. The molecule has 0 aliphatic heterocycles. The average molecular weight is 230 g/mol. The van der Waals surface area contributed by atoms with Gasteiger partial charge in [0.05, 0.1) is 12.5 Å². The van der Waals surface area contributed by atoms with E-state index >= 15 is 0 Å². The van der Waals surface area contributed by atoms with Crippen molar-refractivity contribution in [3.63, 3.8) is 0 Å². The molecule has 88 valence electrons. The molecule has 0 radical (unpaired) electrons. The number of hydrogen-bond acceptors (Lipinski definition) is 3. The van der Waals surface area contributed by atoms with E-state index in [1.54, 1.807) is 0 Å². The molecule has 0 atom stereocenters. The molecule has 16 heavy (non-hydrogen) atoms. The van der Waals surface area contributed by atoms with E-state index in [9.17, 15) is 13.6 Å². The summed E-state index contributed by atoms with van der Waals surface area (Å²) in [6.07, 6.45) is 0. The minimum absolute atomic E-state index is 0.104. The van der Waals surface area contributed by atoms with Gasteiger partial charge >= 0.3 is 5.97 Å². The van der Waals surface area contributed by atoms with Crippen LogP contribution in [0.2, 0.25) is 0 Å². The molecule has 1 aromatic rings. The quantitative estimate of drug-likeness (QED) is 0.791. The highest BCUT2D eigenvalue weighted by Crippen LogP contribution is 2.30. The molecule has 0 aromatic heterocycles. The Bertz CT molecular complexity index is 404. The van der Waals surface area contributed by atoms with Crippen molar-refractivity contribution in [2.45, 2.75) is 19.3 Å². The molecule has 0 unspecified atom stereocenters. The molecular weight excluding hydrogens is 218 g/mol. The van der Waals surface area contributed by atoms with Crippen LogP contribution < -0.4 is 0 Å². The van der Waals surface area contributed by atoms with Crippen LogP contribution in [0.5, 0.6) is 5.75 Å². The minimum Gasteiger partial charge on any atom is -0.503 e. The lowest BCUT2D eigenvalue weighted by Crippen LogP contribution is -2.30. The van der Waals surface area contributed by atoms with Gasteiger partial charge in [0.2, 0.25) is 0 Å². The van der Waals surface area contributed by atoms with Crippen molar-refractivity contribution < 1.29 is 23.4 Å². The van der Waals surface area contributed by atoms with Crippen LogP contribution >= 0.6 is 0 Å². The zero-order chi connectivity index (χ0) is 12.5. The molecule has 0 spiro atoms. The molecule has 0 bridgehead atoms. The summed E-state index contributed by atoms with van der Waals surface area (Å²) in [5, 5.41) is 8.93. The second-order valence-electron chi connectivity index (χ2n) is 3.91. The first-order valence-corrected chi connectivity index (χ1v) is 4.57. The number of ether oxygens (including phenoxy) is 1. The van der Waals surface area contributed by atoms with Crippen LogP contribution in [0, 0.1) is 11.6 Å². The van der Waals surface area contributed by atoms with Gasteiger partial charge in [0.1, 0.15) is 0 Å². The first-order valence-electron chi connectivity index (χ1n) is 4.57. The Morgan fingerprint density at radius 3 is 2.12 bits per heavy atom. The molecular formula is C11H12F2O3. The van der Waals surface area contributed by atoms with Crippen LogP contribution in [0.1, 0.15) is 19.4 Å². The van der Waals surface area contributed by atoms with Gasteiger partial charge in [-0.2, -0.15) is 0 Å². The number of phenols is 1. The predicted molar refractivity (Wildman–Crippen MR) is 53.1 cm³/mol. The van der Waals surface area contributed by atoms with E-state index in [-0.39, 0.29) is 5.56 Å². The predicted octanol–water partition coefficient (Wildman–Crippen LogP) is 2.12. The first kappa shape index (κ1) is 12.4. The van der Waals surface area contributed by atoms with Crippen molar-refractivity contribution in [1.29, 1.82) is 0 Å². The van der Waals surface area contributed by atoms with Gasteiger partial charge in [-0.1, -0.05) is 0 Å². The summed E-state index contributed by atoms with van der Waals surface area (Å²) >= 11 is 0. The summed E-state index contributed by atoms with van der Waals surface area (Å²) in [6, 6.07) is 1.82. The van der Waals surface area contributed by atoms with Crippen molar-refractivity contribution in [3.05, 3.63) is 29.3 Å². The van der Waals surface area contributed by atoms with E-state index in [2.05, 4.69) is 4.74 Å². The first-order chi connectivity index (χ1) is 7.30. The lowest BCUT2D eigenvalue weighted by Gasteiger charge is -2.22. The minimum atomic E-state index is -1.18. The Morgan fingerprint density at radius 2 is 1.75 bits per heavy atom. The summed E-state index contributed by atoms with van der Waals surface area (Å²) in [5.74, 6) is -3.87. The number of esters is 1. The molecule has 0 aliphatic rings. The van der Waals surface area contributed by atoms with Crippen molar-refractivity contribution in [2.75, 3.05) is 7.11 Å². The van der Waals surface area contributed by atoms with Crippen molar-refractivity contribution in [3.8, 4) is 5.75 Å². The number of aromatic hydroxyl groups is 1.